The van der Waals surface area contributed by atoms with Gasteiger partial charge in [0.15, 0.2) is 0 Å². The van der Waals surface area contributed by atoms with Gasteiger partial charge in [-0.1, -0.05) is 70.0 Å². The molecule has 3 rings (SSSR count). The number of aliphatic hydroxyl groups excluding tert-OH is 1. The van der Waals surface area contributed by atoms with Gasteiger partial charge in [-0.2, -0.15) is 0 Å². The molecule has 1 N–H and O–H groups in total. The average molecular weight is 621 g/mol. The van der Waals surface area contributed by atoms with Crippen LogP contribution in [0.3, 0.4) is 0 Å². The third-order valence-electron chi connectivity index (χ3n) is 8.33. The van der Waals surface area contributed by atoms with E-state index >= 15 is 0 Å². The molecule has 0 atom stereocenters. The Morgan fingerprint density at radius 1 is 0.800 bits per heavy atom. The van der Waals surface area contributed by atoms with Crippen molar-refractivity contribution in [2.45, 2.75) is 90.9 Å². The van der Waals surface area contributed by atoms with Gasteiger partial charge in [-0.25, -0.2) is 9.59 Å². The first-order chi connectivity index (χ1) is 21.7. The molecule has 45 heavy (non-hydrogen) atoms. The predicted molar refractivity (Wildman–Crippen MR) is 179 cm³/mol. The van der Waals surface area contributed by atoms with Crippen molar-refractivity contribution in [2.24, 2.45) is 5.92 Å². The molecule has 0 aromatic heterocycles. The zero-order chi connectivity index (χ0) is 32.6. The first-order valence-electron chi connectivity index (χ1n) is 16.5. The van der Waals surface area contributed by atoms with Crippen molar-refractivity contribution < 1.29 is 33.6 Å². The van der Waals surface area contributed by atoms with E-state index in [-0.39, 0.29) is 33.0 Å². The van der Waals surface area contributed by atoms with Crippen LogP contribution in [0.2, 0.25) is 0 Å². The molecule has 0 heterocycles. The van der Waals surface area contributed by atoms with Crippen LogP contribution in [0, 0.1) is 5.92 Å². The molecule has 7 heteroatoms. The Labute approximate surface area is 269 Å². The van der Waals surface area contributed by atoms with Gasteiger partial charge in [0.05, 0.1) is 5.56 Å². The van der Waals surface area contributed by atoms with Gasteiger partial charge >= 0.3 is 11.9 Å². The maximum absolute atomic E-state index is 11.9. The van der Waals surface area contributed by atoms with Crippen LogP contribution in [-0.4, -0.2) is 50.1 Å². The summed E-state index contributed by atoms with van der Waals surface area (Å²) in [5.74, 6) is 1.68. The van der Waals surface area contributed by atoms with E-state index < -0.39 is 11.9 Å². The molecular formula is C38H52O7. The topological polar surface area (TPSA) is 91.3 Å². The van der Waals surface area contributed by atoms with Gasteiger partial charge in [-0.3, -0.25) is 0 Å². The third-order valence-corrected chi connectivity index (χ3v) is 8.33. The SMILES string of the molecule is C=C(C)C(=O)OCCOc1cc(CCCO)cc(OCCOC(=O)C(=C)C)c1-c1ccc(C2CCC(CCCCC)CC2)cc1. The second-order valence-corrected chi connectivity index (χ2v) is 12.2. The first-order valence-corrected chi connectivity index (χ1v) is 16.5. The van der Waals surface area contributed by atoms with Gasteiger partial charge in [0.2, 0.25) is 0 Å². The van der Waals surface area contributed by atoms with Crippen molar-refractivity contribution in [3.63, 3.8) is 0 Å². The molecule has 0 aliphatic heterocycles. The molecule has 0 spiro atoms. The molecule has 246 valence electrons. The van der Waals surface area contributed by atoms with Crippen LogP contribution >= 0.6 is 0 Å². The van der Waals surface area contributed by atoms with Crippen LogP contribution in [0.15, 0.2) is 60.7 Å². The third kappa shape index (κ3) is 11.7. The summed E-state index contributed by atoms with van der Waals surface area (Å²) in [5.41, 5.74) is 4.65. The van der Waals surface area contributed by atoms with E-state index in [0.29, 0.717) is 41.4 Å². The van der Waals surface area contributed by atoms with E-state index in [9.17, 15) is 14.7 Å². The van der Waals surface area contributed by atoms with Crippen molar-refractivity contribution in [2.75, 3.05) is 33.0 Å². The summed E-state index contributed by atoms with van der Waals surface area (Å²) in [4.78, 5) is 23.8. The standard InChI is InChI=1S/C38H52O7/c1-6-7-8-10-29-12-14-31(15-13-29)32-16-18-33(19-17-32)36-34(42-21-23-44-37(40)27(2)3)25-30(11-9-20-39)26-35(36)43-22-24-45-38(41)28(4)5/h16-19,25-26,29,31,39H,2,4,6-15,20-24H2,1,3,5H3. The van der Waals surface area contributed by atoms with Crippen LogP contribution in [0.25, 0.3) is 11.1 Å². The zero-order valence-electron chi connectivity index (χ0n) is 27.5. The van der Waals surface area contributed by atoms with Crippen LogP contribution in [0.4, 0.5) is 0 Å². The monoisotopic (exact) mass is 620 g/mol. The minimum absolute atomic E-state index is 0.0595. The van der Waals surface area contributed by atoms with E-state index in [1.807, 2.05) is 12.1 Å². The van der Waals surface area contributed by atoms with Gasteiger partial charge in [0, 0.05) is 17.8 Å². The lowest BCUT2D eigenvalue weighted by atomic mass is 9.77. The predicted octanol–water partition coefficient (Wildman–Crippen LogP) is 8.13. The molecular weight excluding hydrogens is 568 g/mol. The molecule has 0 amide bonds. The van der Waals surface area contributed by atoms with Crippen molar-refractivity contribution >= 4 is 11.9 Å². The maximum Gasteiger partial charge on any atom is 0.333 e. The van der Waals surface area contributed by atoms with Crippen LogP contribution in [0.1, 0.15) is 95.6 Å². The van der Waals surface area contributed by atoms with E-state index in [1.165, 1.54) is 56.9 Å². The zero-order valence-corrected chi connectivity index (χ0v) is 27.5. The molecule has 1 fully saturated rings. The molecule has 2 aromatic carbocycles. The van der Waals surface area contributed by atoms with E-state index in [4.69, 9.17) is 18.9 Å². The normalized spacial score (nSPS) is 16.1. The van der Waals surface area contributed by atoms with Crippen LogP contribution in [0.5, 0.6) is 11.5 Å². The Kier molecular flexibility index (Phi) is 15.2. The van der Waals surface area contributed by atoms with E-state index in [2.05, 4.69) is 44.3 Å². The number of aliphatic hydroxyl groups is 1. The fourth-order valence-electron chi connectivity index (χ4n) is 5.79. The van der Waals surface area contributed by atoms with Gasteiger partial charge in [0.1, 0.15) is 37.9 Å². The molecule has 0 bridgehead atoms. The summed E-state index contributed by atoms with van der Waals surface area (Å²) < 4.78 is 22.9. The molecule has 7 nitrogen and oxygen atoms in total. The molecule has 1 saturated carbocycles. The summed E-state index contributed by atoms with van der Waals surface area (Å²) >= 11 is 0. The summed E-state index contributed by atoms with van der Waals surface area (Å²) in [6.07, 6.45) is 11.6. The highest BCUT2D eigenvalue weighted by molar-refractivity contribution is 5.87. The first kappa shape index (κ1) is 35.9. The Bertz CT molecular complexity index is 1200. The van der Waals surface area contributed by atoms with Gasteiger partial charge in [-0.05, 0) is 93.0 Å². The highest BCUT2D eigenvalue weighted by atomic mass is 16.6. The van der Waals surface area contributed by atoms with E-state index in [0.717, 1.165) is 22.6 Å². The lowest BCUT2D eigenvalue weighted by Gasteiger charge is -2.29. The van der Waals surface area contributed by atoms with Gasteiger partial charge in [-0.15, -0.1) is 0 Å². The highest BCUT2D eigenvalue weighted by Crippen LogP contribution is 2.42. The Balaban J connectivity index is 1.84. The Hall–Kier alpha value is -3.58. The second kappa shape index (κ2) is 19.1. The van der Waals surface area contributed by atoms with Gasteiger partial charge in [0.25, 0.3) is 0 Å². The van der Waals surface area contributed by atoms with Gasteiger partial charge < -0.3 is 24.1 Å². The Morgan fingerprint density at radius 2 is 1.36 bits per heavy atom. The number of ether oxygens (including phenoxy) is 4. The average Bonchev–Trinajstić information content (AvgIpc) is 3.04. The summed E-state index contributed by atoms with van der Waals surface area (Å²) in [5, 5.41) is 9.46. The quantitative estimate of drug-likeness (QED) is 0.0963. The fraction of sp³-hybridized carbons (Fsp3) is 0.526. The number of hydrogen-bond acceptors (Lipinski definition) is 7. The number of carbonyl (C=O) groups is 2. The van der Waals surface area contributed by atoms with Crippen LogP contribution in [-0.2, 0) is 25.5 Å². The summed E-state index contributed by atoms with van der Waals surface area (Å²) in [6.45, 7) is 13.2. The lowest BCUT2D eigenvalue weighted by molar-refractivity contribution is -0.140. The second-order valence-electron chi connectivity index (χ2n) is 12.2. The Morgan fingerprint density at radius 3 is 1.84 bits per heavy atom. The number of rotatable bonds is 19. The molecule has 0 radical (unpaired) electrons. The van der Waals surface area contributed by atoms with Crippen molar-refractivity contribution in [3.8, 4) is 22.6 Å². The fourth-order valence-corrected chi connectivity index (χ4v) is 5.79. The molecule has 1 aliphatic rings. The number of hydrogen-bond donors (Lipinski definition) is 1. The molecule has 0 saturated heterocycles. The molecule has 0 unspecified atom stereocenters. The van der Waals surface area contributed by atoms with Crippen molar-refractivity contribution in [3.05, 3.63) is 71.8 Å². The van der Waals surface area contributed by atoms with E-state index in [1.54, 1.807) is 13.8 Å². The molecule has 2 aromatic rings. The smallest absolute Gasteiger partial charge is 0.333 e. The number of aryl methyl sites for hydroxylation is 1. The molecule has 1 aliphatic carbocycles. The van der Waals surface area contributed by atoms with Crippen LogP contribution < -0.4 is 9.47 Å². The number of esters is 2. The minimum atomic E-state index is -0.463. The largest absolute Gasteiger partial charge is 0.489 e. The number of carbonyl (C=O) groups excluding carboxylic acids is 2. The minimum Gasteiger partial charge on any atom is -0.489 e. The maximum atomic E-state index is 11.9. The summed E-state index contributed by atoms with van der Waals surface area (Å²) in [7, 11) is 0. The van der Waals surface area contributed by atoms with Crippen molar-refractivity contribution in [1.82, 2.24) is 0 Å². The lowest BCUT2D eigenvalue weighted by Crippen LogP contribution is -2.14. The number of unbranched alkanes of at least 4 members (excludes halogenated alkanes) is 2. The summed E-state index contributed by atoms with van der Waals surface area (Å²) in [6, 6.07) is 12.6. The highest BCUT2D eigenvalue weighted by Gasteiger charge is 2.23. The number of benzene rings is 2. The van der Waals surface area contributed by atoms with Crippen molar-refractivity contribution in [1.29, 1.82) is 0 Å².